The van der Waals surface area contributed by atoms with Crippen molar-refractivity contribution in [2.75, 3.05) is 0 Å². The van der Waals surface area contributed by atoms with E-state index in [4.69, 9.17) is 0 Å². The van der Waals surface area contributed by atoms with Crippen molar-refractivity contribution in [3.8, 4) is 11.4 Å². The van der Waals surface area contributed by atoms with E-state index in [0.717, 1.165) is 35.0 Å². The van der Waals surface area contributed by atoms with Gasteiger partial charge in [-0.15, -0.1) is 15.0 Å². The quantitative estimate of drug-likeness (QED) is 0.341. The second kappa shape index (κ2) is 11.0. The van der Waals surface area contributed by atoms with Gasteiger partial charge in [0.1, 0.15) is 22.5 Å². The van der Waals surface area contributed by atoms with Crippen LogP contribution in [0.5, 0.6) is 5.75 Å². The zero-order valence-electron chi connectivity index (χ0n) is 18.0. The standard InChI is InChI=1S/C25H35N3O/c1-3-4-5-6-7-8-9-10-11-12-15-21-18-20(2)19-24(25(21)29)28-26-22-16-13-14-17-23(22)27-28/h13-14,16-19,29H,3-12,15H2,1-2H3. The number of fused-ring (bicyclic) bond motifs is 1. The van der Waals surface area contributed by atoms with Gasteiger partial charge in [-0.3, -0.25) is 0 Å². The largest absolute Gasteiger partial charge is 0.505 e. The predicted molar refractivity (Wildman–Crippen MR) is 121 cm³/mol. The molecule has 2 aromatic carbocycles. The Morgan fingerprint density at radius 2 is 1.34 bits per heavy atom. The summed E-state index contributed by atoms with van der Waals surface area (Å²) >= 11 is 0. The molecule has 0 saturated heterocycles. The molecule has 0 fully saturated rings. The number of rotatable bonds is 12. The first-order chi connectivity index (χ1) is 14.2. The maximum Gasteiger partial charge on any atom is 0.146 e. The Morgan fingerprint density at radius 3 is 1.93 bits per heavy atom. The van der Waals surface area contributed by atoms with Crippen molar-refractivity contribution in [2.45, 2.75) is 84.5 Å². The predicted octanol–water partition coefficient (Wildman–Crippen LogP) is 6.90. The van der Waals surface area contributed by atoms with Crippen molar-refractivity contribution >= 4 is 11.0 Å². The Kier molecular flexibility index (Phi) is 8.09. The van der Waals surface area contributed by atoms with E-state index in [1.54, 1.807) is 4.80 Å². The molecule has 4 nitrogen and oxygen atoms in total. The van der Waals surface area contributed by atoms with E-state index in [9.17, 15) is 5.11 Å². The average Bonchev–Trinajstić information content (AvgIpc) is 3.15. The molecule has 29 heavy (non-hydrogen) atoms. The van der Waals surface area contributed by atoms with E-state index < -0.39 is 0 Å². The number of hydrogen-bond donors (Lipinski definition) is 1. The number of aromatic hydroxyl groups is 1. The molecule has 3 aromatic rings. The summed E-state index contributed by atoms with van der Waals surface area (Å²) in [7, 11) is 0. The van der Waals surface area contributed by atoms with Gasteiger partial charge in [-0.2, -0.15) is 0 Å². The van der Waals surface area contributed by atoms with Crippen molar-refractivity contribution in [2.24, 2.45) is 0 Å². The number of aryl methyl sites for hydroxylation is 2. The zero-order valence-corrected chi connectivity index (χ0v) is 18.0. The second-order valence-electron chi connectivity index (χ2n) is 8.20. The van der Waals surface area contributed by atoms with Crippen LogP contribution < -0.4 is 0 Å². The molecule has 0 aliphatic carbocycles. The molecular formula is C25H35N3O. The number of aromatic nitrogens is 3. The molecule has 0 amide bonds. The van der Waals surface area contributed by atoms with Gasteiger partial charge in [-0.1, -0.05) is 82.9 Å². The van der Waals surface area contributed by atoms with E-state index in [-0.39, 0.29) is 0 Å². The fourth-order valence-electron chi connectivity index (χ4n) is 3.95. The molecule has 3 rings (SSSR count). The van der Waals surface area contributed by atoms with Gasteiger partial charge in [0.05, 0.1) is 0 Å². The van der Waals surface area contributed by atoms with Gasteiger partial charge in [-0.25, -0.2) is 0 Å². The lowest BCUT2D eigenvalue weighted by molar-refractivity contribution is 0.458. The normalized spacial score (nSPS) is 11.4. The molecule has 0 spiro atoms. The van der Waals surface area contributed by atoms with Crippen molar-refractivity contribution in [1.82, 2.24) is 15.0 Å². The highest BCUT2D eigenvalue weighted by Crippen LogP contribution is 2.29. The van der Waals surface area contributed by atoms with Gasteiger partial charge in [0.25, 0.3) is 0 Å². The Hall–Kier alpha value is -2.36. The third-order valence-corrected chi connectivity index (χ3v) is 5.61. The maximum atomic E-state index is 10.8. The summed E-state index contributed by atoms with van der Waals surface area (Å²) in [6.45, 7) is 4.33. The van der Waals surface area contributed by atoms with Crippen LogP contribution in [-0.2, 0) is 6.42 Å². The SMILES string of the molecule is CCCCCCCCCCCCc1cc(C)cc(-n2nc3ccccc3n2)c1O. The highest BCUT2D eigenvalue weighted by molar-refractivity contribution is 5.73. The van der Waals surface area contributed by atoms with Crippen molar-refractivity contribution < 1.29 is 5.11 Å². The van der Waals surface area contributed by atoms with Gasteiger partial charge in [0.2, 0.25) is 0 Å². The van der Waals surface area contributed by atoms with Crippen LogP contribution in [0, 0.1) is 6.92 Å². The summed E-state index contributed by atoms with van der Waals surface area (Å²) in [5, 5.41) is 19.9. The number of phenols is 1. The lowest BCUT2D eigenvalue weighted by atomic mass is 10.0. The number of nitrogens with zero attached hydrogens (tertiary/aromatic N) is 3. The number of hydrogen-bond acceptors (Lipinski definition) is 3. The summed E-state index contributed by atoms with van der Waals surface area (Å²) in [6.07, 6.45) is 14.1. The second-order valence-corrected chi connectivity index (χ2v) is 8.20. The highest BCUT2D eigenvalue weighted by Gasteiger charge is 2.13. The molecular weight excluding hydrogens is 358 g/mol. The lowest BCUT2D eigenvalue weighted by Gasteiger charge is -2.11. The molecule has 0 bridgehead atoms. The molecule has 0 saturated carbocycles. The van der Waals surface area contributed by atoms with E-state index in [1.807, 2.05) is 30.3 Å². The monoisotopic (exact) mass is 393 g/mol. The van der Waals surface area contributed by atoms with Gasteiger partial charge in [0.15, 0.2) is 0 Å². The zero-order chi connectivity index (χ0) is 20.5. The minimum absolute atomic E-state index is 0.312. The Balaban J connectivity index is 1.51. The first-order valence-electron chi connectivity index (χ1n) is 11.3. The van der Waals surface area contributed by atoms with Crippen LogP contribution in [-0.4, -0.2) is 20.1 Å². The van der Waals surface area contributed by atoms with Crippen LogP contribution in [0.2, 0.25) is 0 Å². The molecule has 0 unspecified atom stereocenters. The number of phenolic OH excluding ortho intramolecular Hbond substituents is 1. The molecule has 1 heterocycles. The van der Waals surface area contributed by atoms with Crippen LogP contribution in [0.15, 0.2) is 36.4 Å². The topological polar surface area (TPSA) is 50.9 Å². The van der Waals surface area contributed by atoms with Gasteiger partial charge < -0.3 is 5.11 Å². The van der Waals surface area contributed by atoms with Crippen LogP contribution in [0.25, 0.3) is 16.7 Å². The molecule has 156 valence electrons. The third kappa shape index (κ3) is 6.06. The maximum absolute atomic E-state index is 10.8. The minimum Gasteiger partial charge on any atom is -0.505 e. The van der Waals surface area contributed by atoms with Crippen LogP contribution in [0.1, 0.15) is 82.3 Å². The van der Waals surface area contributed by atoms with E-state index in [0.29, 0.717) is 11.4 Å². The first kappa shape index (κ1) is 21.4. The lowest BCUT2D eigenvalue weighted by Crippen LogP contribution is -2.02. The summed E-state index contributed by atoms with van der Waals surface area (Å²) in [4.78, 5) is 1.56. The number of unbranched alkanes of at least 4 members (excludes halogenated alkanes) is 9. The molecule has 0 radical (unpaired) electrons. The summed E-state index contributed by atoms with van der Waals surface area (Å²) in [5.74, 6) is 0.312. The fraction of sp³-hybridized carbons (Fsp3) is 0.520. The first-order valence-corrected chi connectivity index (χ1v) is 11.3. The Labute approximate surface area is 175 Å². The average molecular weight is 394 g/mol. The smallest absolute Gasteiger partial charge is 0.146 e. The highest BCUT2D eigenvalue weighted by atomic mass is 16.3. The fourth-order valence-corrected chi connectivity index (χ4v) is 3.95. The molecule has 4 heteroatoms. The number of benzene rings is 2. The summed E-state index contributed by atoms with van der Waals surface area (Å²) in [5.41, 5.74) is 4.47. The third-order valence-electron chi connectivity index (χ3n) is 5.61. The van der Waals surface area contributed by atoms with Crippen LogP contribution in [0.4, 0.5) is 0 Å². The molecule has 1 aromatic heterocycles. The Morgan fingerprint density at radius 1 is 0.793 bits per heavy atom. The molecule has 1 N–H and O–H groups in total. The van der Waals surface area contributed by atoms with Crippen LogP contribution >= 0.6 is 0 Å². The van der Waals surface area contributed by atoms with Gasteiger partial charge in [-0.05, 0) is 49.1 Å². The minimum atomic E-state index is 0.312. The van der Waals surface area contributed by atoms with E-state index >= 15 is 0 Å². The van der Waals surface area contributed by atoms with Gasteiger partial charge in [0, 0.05) is 0 Å². The van der Waals surface area contributed by atoms with Gasteiger partial charge >= 0.3 is 0 Å². The molecule has 0 aliphatic heterocycles. The van der Waals surface area contributed by atoms with Crippen molar-refractivity contribution in [1.29, 1.82) is 0 Å². The van der Waals surface area contributed by atoms with E-state index in [1.165, 1.54) is 57.8 Å². The summed E-state index contributed by atoms with van der Waals surface area (Å²) < 4.78 is 0. The van der Waals surface area contributed by atoms with Crippen molar-refractivity contribution in [3.05, 3.63) is 47.5 Å². The molecule has 0 atom stereocenters. The molecule has 0 aliphatic rings. The van der Waals surface area contributed by atoms with Crippen molar-refractivity contribution in [3.63, 3.8) is 0 Å². The summed E-state index contributed by atoms with van der Waals surface area (Å²) in [6, 6.07) is 11.8. The van der Waals surface area contributed by atoms with E-state index in [2.05, 4.69) is 30.1 Å². The Bertz CT molecular complexity index is 867. The van der Waals surface area contributed by atoms with Crippen LogP contribution in [0.3, 0.4) is 0 Å².